The first kappa shape index (κ1) is 15.0. The summed E-state index contributed by atoms with van der Waals surface area (Å²) in [5, 5.41) is 0. The van der Waals surface area contributed by atoms with E-state index in [-0.39, 0.29) is 5.91 Å². The Bertz CT molecular complexity index is 462. The number of piperazine rings is 1. The molecule has 0 aromatic carbocycles. The number of nitrogens with two attached hydrogens (primary N) is 1. The fourth-order valence-corrected chi connectivity index (χ4v) is 2.58. The molecule has 0 unspecified atom stereocenters. The van der Waals surface area contributed by atoms with E-state index in [0.717, 1.165) is 38.5 Å². The molecule has 0 aliphatic carbocycles. The molecule has 0 radical (unpaired) electrons. The van der Waals surface area contributed by atoms with Gasteiger partial charge >= 0.3 is 0 Å². The van der Waals surface area contributed by atoms with Gasteiger partial charge < -0.3 is 4.42 Å². The summed E-state index contributed by atoms with van der Waals surface area (Å²) in [4.78, 5) is 16.4. The molecular formula is C14H24N4O2. The number of nitrogen functional groups attached to an aromatic ring is 1. The number of hydrogen-bond donors (Lipinski definition) is 2. The zero-order chi connectivity index (χ0) is 14.7. The summed E-state index contributed by atoms with van der Waals surface area (Å²) in [6.45, 7) is 11.2. The molecule has 0 spiro atoms. The summed E-state index contributed by atoms with van der Waals surface area (Å²) in [5.74, 6) is 6.28. The van der Waals surface area contributed by atoms with Crippen LogP contribution in [0.4, 0.5) is 0 Å². The highest BCUT2D eigenvalue weighted by molar-refractivity contribution is 5.94. The fourth-order valence-electron chi connectivity index (χ4n) is 2.58. The van der Waals surface area contributed by atoms with Crippen molar-refractivity contribution in [3.8, 4) is 0 Å². The maximum absolute atomic E-state index is 11.5. The van der Waals surface area contributed by atoms with Gasteiger partial charge in [-0.1, -0.05) is 0 Å². The number of carbonyl (C=O) groups excluding carboxylic acids is 1. The molecule has 0 atom stereocenters. The maximum Gasteiger partial charge on any atom is 0.268 e. The van der Waals surface area contributed by atoms with Crippen molar-refractivity contribution in [3.05, 3.63) is 23.2 Å². The van der Waals surface area contributed by atoms with Crippen LogP contribution in [0.2, 0.25) is 0 Å². The Hall–Kier alpha value is -1.37. The monoisotopic (exact) mass is 280 g/mol. The second-order valence-electron chi connectivity index (χ2n) is 5.56. The summed E-state index contributed by atoms with van der Waals surface area (Å²) in [5.41, 5.74) is 2.66. The Balaban J connectivity index is 1.93. The van der Waals surface area contributed by atoms with Crippen LogP contribution >= 0.6 is 0 Å². The van der Waals surface area contributed by atoms with Gasteiger partial charge in [0.05, 0.1) is 12.1 Å². The molecule has 2 rings (SSSR count). The van der Waals surface area contributed by atoms with Crippen LogP contribution in [-0.2, 0) is 6.54 Å². The van der Waals surface area contributed by atoms with Gasteiger partial charge in [0, 0.05) is 32.2 Å². The van der Waals surface area contributed by atoms with Crippen LogP contribution in [0, 0.1) is 6.92 Å². The molecule has 1 aliphatic heterocycles. The highest BCUT2D eigenvalue weighted by atomic mass is 16.3. The zero-order valence-electron chi connectivity index (χ0n) is 12.5. The smallest absolute Gasteiger partial charge is 0.268 e. The lowest BCUT2D eigenvalue weighted by Gasteiger charge is -2.36. The molecule has 3 N–H and O–H groups in total. The van der Waals surface area contributed by atoms with E-state index >= 15 is 0 Å². The number of furan rings is 1. The van der Waals surface area contributed by atoms with Gasteiger partial charge in [-0.3, -0.25) is 20.0 Å². The molecule has 6 nitrogen and oxygen atoms in total. The normalized spacial score (nSPS) is 17.6. The topological polar surface area (TPSA) is 74.7 Å². The van der Waals surface area contributed by atoms with Gasteiger partial charge in [0.1, 0.15) is 11.5 Å². The highest BCUT2D eigenvalue weighted by Crippen LogP contribution is 2.17. The van der Waals surface area contributed by atoms with Crippen LogP contribution in [0.5, 0.6) is 0 Å². The van der Waals surface area contributed by atoms with E-state index in [1.54, 1.807) is 13.0 Å². The van der Waals surface area contributed by atoms with E-state index in [4.69, 9.17) is 10.3 Å². The van der Waals surface area contributed by atoms with Gasteiger partial charge in [-0.05, 0) is 26.8 Å². The lowest BCUT2D eigenvalue weighted by atomic mass is 10.2. The van der Waals surface area contributed by atoms with Crippen LogP contribution in [0.25, 0.3) is 0 Å². The van der Waals surface area contributed by atoms with Crippen molar-refractivity contribution in [1.29, 1.82) is 0 Å². The minimum Gasteiger partial charge on any atom is -0.464 e. The van der Waals surface area contributed by atoms with Gasteiger partial charge in [-0.2, -0.15) is 0 Å². The van der Waals surface area contributed by atoms with E-state index in [0.29, 0.717) is 17.4 Å². The van der Waals surface area contributed by atoms with Crippen molar-refractivity contribution in [2.75, 3.05) is 26.2 Å². The quantitative estimate of drug-likeness (QED) is 0.483. The van der Waals surface area contributed by atoms with Crippen LogP contribution < -0.4 is 11.3 Å². The lowest BCUT2D eigenvalue weighted by Crippen LogP contribution is -2.48. The predicted molar refractivity (Wildman–Crippen MR) is 77.1 cm³/mol. The lowest BCUT2D eigenvalue weighted by molar-refractivity contribution is 0.0952. The second-order valence-corrected chi connectivity index (χ2v) is 5.56. The first-order valence-corrected chi connectivity index (χ1v) is 7.08. The third kappa shape index (κ3) is 3.39. The maximum atomic E-state index is 11.5. The number of hydrazine groups is 1. The first-order valence-electron chi connectivity index (χ1n) is 7.08. The Morgan fingerprint density at radius 3 is 2.60 bits per heavy atom. The molecule has 1 amide bonds. The van der Waals surface area contributed by atoms with Gasteiger partial charge in [0.2, 0.25) is 0 Å². The standard InChI is InChI=1S/C14H24N4O2/c1-10(2)18-6-4-17(5-7-18)9-12-8-13(11(3)20-12)14(19)16-15/h8,10H,4-7,9,15H2,1-3H3,(H,16,19). The van der Waals surface area contributed by atoms with Gasteiger partial charge in [-0.15, -0.1) is 0 Å². The molecule has 6 heteroatoms. The summed E-state index contributed by atoms with van der Waals surface area (Å²) in [6, 6.07) is 2.38. The van der Waals surface area contributed by atoms with Gasteiger partial charge in [0.25, 0.3) is 5.91 Å². The number of nitrogens with one attached hydrogen (secondary N) is 1. The van der Waals surface area contributed by atoms with Crippen LogP contribution in [0.15, 0.2) is 10.5 Å². The first-order chi connectivity index (χ1) is 9.51. The molecule has 2 heterocycles. The van der Waals surface area contributed by atoms with Crippen molar-refractivity contribution < 1.29 is 9.21 Å². The fraction of sp³-hybridized carbons (Fsp3) is 0.643. The van der Waals surface area contributed by atoms with Crippen molar-refractivity contribution >= 4 is 5.91 Å². The molecular weight excluding hydrogens is 256 g/mol. The van der Waals surface area contributed by atoms with Crippen molar-refractivity contribution in [1.82, 2.24) is 15.2 Å². The number of rotatable bonds is 4. The molecule has 1 aromatic rings. The molecule has 112 valence electrons. The third-order valence-electron chi connectivity index (χ3n) is 3.86. The largest absolute Gasteiger partial charge is 0.464 e. The summed E-state index contributed by atoms with van der Waals surface area (Å²) in [6.07, 6.45) is 0. The van der Waals surface area contributed by atoms with Crippen molar-refractivity contribution in [2.45, 2.75) is 33.4 Å². The Morgan fingerprint density at radius 2 is 2.05 bits per heavy atom. The summed E-state index contributed by atoms with van der Waals surface area (Å²) in [7, 11) is 0. The van der Waals surface area contributed by atoms with E-state index < -0.39 is 0 Å². The molecule has 1 saturated heterocycles. The van der Waals surface area contributed by atoms with Crippen LogP contribution in [0.1, 0.15) is 35.7 Å². The van der Waals surface area contributed by atoms with Crippen LogP contribution in [-0.4, -0.2) is 47.9 Å². The number of hydrogen-bond acceptors (Lipinski definition) is 5. The zero-order valence-corrected chi connectivity index (χ0v) is 12.5. The summed E-state index contributed by atoms with van der Waals surface area (Å²) < 4.78 is 5.64. The molecule has 1 aliphatic rings. The van der Waals surface area contributed by atoms with E-state index in [1.165, 1.54) is 0 Å². The molecule has 1 fully saturated rings. The Morgan fingerprint density at radius 1 is 1.40 bits per heavy atom. The van der Waals surface area contributed by atoms with E-state index in [2.05, 4.69) is 29.1 Å². The molecule has 20 heavy (non-hydrogen) atoms. The average molecular weight is 280 g/mol. The van der Waals surface area contributed by atoms with E-state index in [9.17, 15) is 4.79 Å². The van der Waals surface area contributed by atoms with E-state index in [1.807, 2.05) is 0 Å². The second kappa shape index (κ2) is 6.39. The van der Waals surface area contributed by atoms with Crippen LogP contribution in [0.3, 0.4) is 0 Å². The Labute approximate surface area is 119 Å². The summed E-state index contributed by atoms with van der Waals surface area (Å²) >= 11 is 0. The molecule has 0 saturated carbocycles. The number of nitrogens with zero attached hydrogens (tertiary/aromatic N) is 2. The SMILES string of the molecule is Cc1oc(CN2CCN(C(C)C)CC2)cc1C(=O)NN. The molecule has 0 bridgehead atoms. The molecule has 1 aromatic heterocycles. The number of aryl methyl sites for hydroxylation is 1. The number of carbonyl (C=O) groups is 1. The van der Waals surface area contributed by atoms with Gasteiger partial charge in [0.15, 0.2) is 0 Å². The Kier molecular flexibility index (Phi) is 4.80. The predicted octanol–water partition coefficient (Wildman–Crippen LogP) is 0.718. The van der Waals surface area contributed by atoms with Gasteiger partial charge in [-0.25, -0.2) is 5.84 Å². The average Bonchev–Trinajstić information content (AvgIpc) is 2.79. The minimum absolute atomic E-state index is 0.304. The minimum atomic E-state index is -0.304. The van der Waals surface area contributed by atoms with Crippen molar-refractivity contribution in [2.24, 2.45) is 5.84 Å². The third-order valence-corrected chi connectivity index (χ3v) is 3.86. The highest BCUT2D eigenvalue weighted by Gasteiger charge is 2.21. The number of amides is 1. The van der Waals surface area contributed by atoms with Crippen molar-refractivity contribution in [3.63, 3.8) is 0 Å².